The maximum atomic E-state index is 13.1. The molecule has 0 bridgehead atoms. The summed E-state index contributed by atoms with van der Waals surface area (Å²) >= 11 is 0. The molecule has 0 spiro atoms. The van der Waals surface area contributed by atoms with Crippen molar-refractivity contribution < 1.29 is 27.2 Å². The lowest BCUT2D eigenvalue weighted by Gasteiger charge is -2.21. The van der Waals surface area contributed by atoms with Crippen LogP contribution in [0, 0.1) is 5.92 Å². The standard InChI is InChI=1S/C17H15F3N2O3/c18-17(19,20)13-5-1-2-6-14(13)22-10-11(8-15(22)23)16(24)21-9-12-4-3-7-25-12/h1-7,11H,8-10H2,(H,21,24). The van der Waals surface area contributed by atoms with Gasteiger partial charge in [0.1, 0.15) is 5.76 Å². The average Bonchev–Trinajstić information content (AvgIpc) is 3.21. The molecular weight excluding hydrogens is 337 g/mol. The molecule has 2 amide bonds. The van der Waals surface area contributed by atoms with E-state index in [9.17, 15) is 22.8 Å². The second-order valence-electron chi connectivity index (χ2n) is 5.72. The van der Waals surface area contributed by atoms with Gasteiger partial charge in [-0.15, -0.1) is 0 Å². The summed E-state index contributed by atoms with van der Waals surface area (Å²) in [6, 6.07) is 8.22. The number of hydrogen-bond donors (Lipinski definition) is 1. The first-order valence-corrected chi connectivity index (χ1v) is 7.63. The molecule has 5 nitrogen and oxygen atoms in total. The molecule has 0 radical (unpaired) electrons. The summed E-state index contributed by atoms with van der Waals surface area (Å²) in [6.07, 6.45) is -3.23. The Labute approximate surface area is 141 Å². The topological polar surface area (TPSA) is 62.6 Å². The first-order chi connectivity index (χ1) is 11.9. The molecule has 2 heterocycles. The maximum Gasteiger partial charge on any atom is 0.418 e. The van der Waals surface area contributed by atoms with Crippen molar-refractivity contribution in [1.29, 1.82) is 0 Å². The molecule has 1 N–H and O–H groups in total. The summed E-state index contributed by atoms with van der Waals surface area (Å²) in [6.45, 7) is 0.0750. The van der Waals surface area contributed by atoms with Crippen molar-refractivity contribution in [3.8, 4) is 0 Å². The number of benzene rings is 1. The van der Waals surface area contributed by atoms with Gasteiger partial charge in [0.2, 0.25) is 11.8 Å². The van der Waals surface area contributed by atoms with Gasteiger partial charge in [-0.3, -0.25) is 9.59 Å². The second kappa shape index (κ2) is 6.62. The van der Waals surface area contributed by atoms with E-state index in [-0.39, 0.29) is 25.2 Å². The second-order valence-corrected chi connectivity index (χ2v) is 5.72. The highest BCUT2D eigenvalue weighted by atomic mass is 19.4. The van der Waals surface area contributed by atoms with E-state index < -0.39 is 29.5 Å². The molecular formula is C17H15F3N2O3. The van der Waals surface area contributed by atoms with Crippen molar-refractivity contribution in [2.75, 3.05) is 11.4 Å². The molecule has 2 aromatic rings. The first kappa shape index (κ1) is 17.1. The molecule has 0 saturated carbocycles. The summed E-state index contributed by atoms with van der Waals surface area (Å²) in [5, 5.41) is 2.63. The third-order valence-corrected chi connectivity index (χ3v) is 4.01. The molecule has 1 aromatic heterocycles. The van der Waals surface area contributed by atoms with Crippen LogP contribution in [0.3, 0.4) is 0 Å². The van der Waals surface area contributed by atoms with E-state index in [2.05, 4.69) is 5.32 Å². The van der Waals surface area contributed by atoms with Crippen LogP contribution in [-0.2, 0) is 22.3 Å². The Balaban J connectivity index is 1.72. The van der Waals surface area contributed by atoms with Crippen molar-refractivity contribution >= 4 is 17.5 Å². The Kier molecular flexibility index (Phi) is 4.52. The smallest absolute Gasteiger partial charge is 0.418 e. The van der Waals surface area contributed by atoms with Crippen LogP contribution in [0.2, 0.25) is 0 Å². The number of rotatable bonds is 4. The summed E-state index contributed by atoms with van der Waals surface area (Å²) in [4.78, 5) is 25.4. The largest absolute Gasteiger partial charge is 0.467 e. The van der Waals surface area contributed by atoms with Gasteiger partial charge in [0, 0.05) is 13.0 Å². The molecule has 8 heteroatoms. The van der Waals surface area contributed by atoms with Gasteiger partial charge in [-0.25, -0.2) is 0 Å². The monoisotopic (exact) mass is 352 g/mol. The molecule has 1 saturated heterocycles. The van der Waals surface area contributed by atoms with Crippen LogP contribution in [0.1, 0.15) is 17.7 Å². The van der Waals surface area contributed by atoms with Crippen LogP contribution in [-0.4, -0.2) is 18.4 Å². The fourth-order valence-electron chi connectivity index (χ4n) is 2.80. The van der Waals surface area contributed by atoms with E-state index in [0.717, 1.165) is 11.0 Å². The number of anilines is 1. The number of carbonyl (C=O) groups excluding carboxylic acids is 2. The Bertz CT molecular complexity index is 772. The van der Waals surface area contributed by atoms with Gasteiger partial charge in [-0.1, -0.05) is 12.1 Å². The number of amides is 2. The lowest BCUT2D eigenvalue weighted by Crippen LogP contribution is -2.33. The summed E-state index contributed by atoms with van der Waals surface area (Å²) in [5.41, 5.74) is -1.11. The minimum absolute atomic E-state index is 0.0874. The van der Waals surface area contributed by atoms with Crippen LogP contribution in [0.15, 0.2) is 47.1 Å². The van der Waals surface area contributed by atoms with Crippen molar-refractivity contribution in [3.05, 3.63) is 54.0 Å². The zero-order chi connectivity index (χ0) is 18.0. The third kappa shape index (κ3) is 3.67. The van der Waals surface area contributed by atoms with Crippen molar-refractivity contribution in [1.82, 2.24) is 5.32 Å². The minimum Gasteiger partial charge on any atom is -0.467 e. The maximum absolute atomic E-state index is 13.1. The summed E-state index contributed by atoms with van der Waals surface area (Å²) < 4.78 is 44.5. The fraction of sp³-hybridized carbons (Fsp3) is 0.294. The predicted octanol–water partition coefficient (Wildman–Crippen LogP) is 2.97. The SMILES string of the molecule is O=C(NCc1ccco1)C1CC(=O)N(c2ccccc2C(F)(F)F)C1. The Morgan fingerprint density at radius 3 is 2.68 bits per heavy atom. The molecule has 132 valence electrons. The molecule has 1 aliphatic rings. The lowest BCUT2D eigenvalue weighted by atomic mass is 10.1. The third-order valence-electron chi connectivity index (χ3n) is 4.01. The highest BCUT2D eigenvalue weighted by molar-refractivity contribution is 6.00. The van der Waals surface area contributed by atoms with E-state index in [0.29, 0.717) is 5.76 Å². The van der Waals surface area contributed by atoms with Gasteiger partial charge < -0.3 is 14.6 Å². The van der Waals surface area contributed by atoms with Crippen LogP contribution in [0.5, 0.6) is 0 Å². The number of carbonyl (C=O) groups is 2. The van der Waals surface area contributed by atoms with Gasteiger partial charge in [0.25, 0.3) is 0 Å². The van der Waals surface area contributed by atoms with E-state index in [4.69, 9.17) is 4.42 Å². The molecule has 1 unspecified atom stereocenters. The highest BCUT2D eigenvalue weighted by Crippen LogP contribution is 2.38. The average molecular weight is 352 g/mol. The van der Waals surface area contributed by atoms with Gasteiger partial charge >= 0.3 is 6.18 Å². The van der Waals surface area contributed by atoms with E-state index in [1.807, 2.05) is 0 Å². The molecule has 1 atom stereocenters. The quantitative estimate of drug-likeness (QED) is 0.920. The van der Waals surface area contributed by atoms with E-state index in [1.54, 1.807) is 12.1 Å². The van der Waals surface area contributed by atoms with Gasteiger partial charge in [-0.2, -0.15) is 13.2 Å². The molecule has 0 aliphatic carbocycles. The number of alkyl halides is 3. The molecule has 25 heavy (non-hydrogen) atoms. The number of furan rings is 1. The Morgan fingerprint density at radius 1 is 1.24 bits per heavy atom. The first-order valence-electron chi connectivity index (χ1n) is 7.63. The molecule has 1 aromatic carbocycles. The van der Waals surface area contributed by atoms with Crippen molar-refractivity contribution in [2.45, 2.75) is 19.1 Å². The minimum atomic E-state index is -4.57. The van der Waals surface area contributed by atoms with E-state index >= 15 is 0 Å². The number of nitrogens with one attached hydrogen (secondary N) is 1. The van der Waals surface area contributed by atoms with Gasteiger partial charge in [0.05, 0.1) is 30.0 Å². The summed E-state index contributed by atoms with van der Waals surface area (Å²) in [5.74, 6) is -1.05. The van der Waals surface area contributed by atoms with Gasteiger partial charge in [-0.05, 0) is 24.3 Å². The van der Waals surface area contributed by atoms with Crippen LogP contribution < -0.4 is 10.2 Å². The van der Waals surface area contributed by atoms with Crippen LogP contribution in [0.25, 0.3) is 0 Å². The van der Waals surface area contributed by atoms with Crippen molar-refractivity contribution in [2.24, 2.45) is 5.92 Å². The Morgan fingerprint density at radius 2 is 2.00 bits per heavy atom. The normalized spacial score (nSPS) is 17.8. The number of hydrogen-bond acceptors (Lipinski definition) is 3. The van der Waals surface area contributed by atoms with Crippen LogP contribution >= 0.6 is 0 Å². The fourth-order valence-corrected chi connectivity index (χ4v) is 2.80. The van der Waals surface area contributed by atoms with Crippen molar-refractivity contribution in [3.63, 3.8) is 0 Å². The highest BCUT2D eigenvalue weighted by Gasteiger charge is 2.40. The zero-order valence-electron chi connectivity index (χ0n) is 13.0. The van der Waals surface area contributed by atoms with E-state index in [1.165, 1.54) is 24.5 Å². The number of halogens is 3. The number of para-hydroxylation sites is 1. The molecule has 1 fully saturated rings. The Hall–Kier alpha value is -2.77. The lowest BCUT2D eigenvalue weighted by molar-refractivity contribution is -0.137. The molecule has 3 rings (SSSR count). The van der Waals surface area contributed by atoms with Crippen LogP contribution in [0.4, 0.5) is 18.9 Å². The summed E-state index contributed by atoms with van der Waals surface area (Å²) in [7, 11) is 0. The van der Waals surface area contributed by atoms with Gasteiger partial charge in [0.15, 0.2) is 0 Å². The number of nitrogens with zero attached hydrogens (tertiary/aromatic N) is 1. The molecule has 1 aliphatic heterocycles. The zero-order valence-corrected chi connectivity index (χ0v) is 13.0. The predicted molar refractivity (Wildman–Crippen MR) is 82.5 cm³/mol.